The van der Waals surface area contributed by atoms with Gasteiger partial charge in [-0.2, -0.15) is 0 Å². The van der Waals surface area contributed by atoms with Gasteiger partial charge >= 0.3 is 0 Å². The number of halogens is 1. The van der Waals surface area contributed by atoms with Crippen molar-refractivity contribution in [3.8, 4) is 0 Å². The Hall–Kier alpha value is -0.570. The topological polar surface area (TPSA) is 18.5 Å². The van der Waals surface area contributed by atoms with Crippen molar-refractivity contribution in [2.45, 2.75) is 12.2 Å². The summed E-state index contributed by atoms with van der Waals surface area (Å²) >= 11 is 6.16. The first-order valence-electron chi connectivity index (χ1n) is 4.25. The molecule has 1 heterocycles. The van der Waals surface area contributed by atoms with E-state index >= 15 is 0 Å². The van der Waals surface area contributed by atoms with Crippen LogP contribution in [0.15, 0.2) is 24.3 Å². The van der Waals surface area contributed by atoms with Crippen molar-refractivity contribution < 1.29 is 9.47 Å². The highest BCUT2D eigenvalue weighted by molar-refractivity contribution is 6.22. The molecule has 70 valence electrons. The van der Waals surface area contributed by atoms with Crippen LogP contribution in [0, 0.1) is 6.92 Å². The maximum atomic E-state index is 6.16. The molecule has 0 radical (unpaired) electrons. The summed E-state index contributed by atoms with van der Waals surface area (Å²) in [7, 11) is 0. The molecule has 2 rings (SSSR count). The van der Waals surface area contributed by atoms with Crippen LogP contribution in [0.3, 0.4) is 0 Å². The lowest BCUT2D eigenvalue weighted by Crippen LogP contribution is -2.20. The molecule has 0 spiro atoms. The van der Waals surface area contributed by atoms with Gasteiger partial charge in [-0.3, -0.25) is 0 Å². The molecule has 1 aromatic rings. The quantitative estimate of drug-likeness (QED) is 0.646. The van der Waals surface area contributed by atoms with Crippen LogP contribution in [0.2, 0.25) is 0 Å². The lowest BCUT2D eigenvalue weighted by atomic mass is 10.1. The third-order valence-corrected chi connectivity index (χ3v) is 2.55. The van der Waals surface area contributed by atoms with Gasteiger partial charge in [-0.25, -0.2) is 0 Å². The number of ether oxygens (including phenoxy) is 2. The second-order valence-corrected chi connectivity index (χ2v) is 3.55. The van der Waals surface area contributed by atoms with E-state index in [4.69, 9.17) is 21.1 Å². The summed E-state index contributed by atoms with van der Waals surface area (Å²) in [5.74, 6) is 0. The highest BCUT2D eigenvalue weighted by Gasteiger charge is 2.37. The number of hydrogen-bond acceptors (Lipinski definition) is 2. The lowest BCUT2D eigenvalue weighted by molar-refractivity contribution is -0.0901. The van der Waals surface area contributed by atoms with Gasteiger partial charge in [0.1, 0.15) is 0 Å². The molecule has 0 atom stereocenters. The van der Waals surface area contributed by atoms with Gasteiger partial charge in [0, 0.05) is 5.56 Å². The summed E-state index contributed by atoms with van der Waals surface area (Å²) in [6.07, 6.45) is 0. The predicted octanol–water partition coefficient (Wildman–Crippen LogP) is 2.39. The molecule has 1 aliphatic heterocycles. The van der Waals surface area contributed by atoms with Crippen LogP contribution in [0.1, 0.15) is 11.1 Å². The molecule has 0 unspecified atom stereocenters. The van der Waals surface area contributed by atoms with Gasteiger partial charge in [0.2, 0.25) is 0 Å². The SMILES string of the molecule is Cc1ccccc1C1(Cl)OCCO1. The molecular weight excluding hydrogens is 188 g/mol. The molecule has 1 saturated heterocycles. The van der Waals surface area contributed by atoms with Crippen LogP contribution in [-0.4, -0.2) is 13.2 Å². The first-order chi connectivity index (χ1) is 6.22. The summed E-state index contributed by atoms with van der Waals surface area (Å²) in [6, 6.07) is 7.81. The minimum atomic E-state index is -1.05. The second kappa shape index (κ2) is 3.29. The number of alkyl halides is 1. The number of benzene rings is 1. The summed E-state index contributed by atoms with van der Waals surface area (Å²) in [6.45, 7) is 3.10. The van der Waals surface area contributed by atoms with Crippen LogP contribution >= 0.6 is 11.6 Å². The third kappa shape index (κ3) is 1.57. The zero-order valence-electron chi connectivity index (χ0n) is 7.42. The largest absolute Gasteiger partial charge is 0.331 e. The summed E-state index contributed by atoms with van der Waals surface area (Å²) < 4.78 is 10.7. The van der Waals surface area contributed by atoms with E-state index in [2.05, 4.69) is 0 Å². The van der Waals surface area contributed by atoms with Crippen LogP contribution < -0.4 is 0 Å². The Bertz CT molecular complexity index is 306. The standard InChI is InChI=1S/C10H11ClO2/c1-8-4-2-3-5-9(8)10(11)12-6-7-13-10/h2-5H,6-7H2,1H3. The molecule has 2 nitrogen and oxygen atoms in total. The average molecular weight is 199 g/mol. The fourth-order valence-corrected chi connectivity index (χ4v) is 1.82. The van der Waals surface area contributed by atoms with Crippen molar-refractivity contribution >= 4 is 11.6 Å². The van der Waals surface area contributed by atoms with Crippen molar-refractivity contribution in [1.82, 2.24) is 0 Å². The van der Waals surface area contributed by atoms with Gasteiger partial charge in [0.05, 0.1) is 13.2 Å². The van der Waals surface area contributed by atoms with E-state index in [-0.39, 0.29) is 0 Å². The van der Waals surface area contributed by atoms with Gasteiger partial charge in [-0.1, -0.05) is 35.9 Å². The van der Waals surface area contributed by atoms with E-state index in [0.29, 0.717) is 13.2 Å². The van der Waals surface area contributed by atoms with Crippen LogP contribution in [0.5, 0.6) is 0 Å². The molecule has 3 heteroatoms. The Labute approximate surface area is 82.4 Å². The number of hydrogen-bond donors (Lipinski definition) is 0. The van der Waals surface area contributed by atoms with Crippen LogP contribution in [0.25, 0.3) is 0 Å². The summed E-state index contributed by atoms with van der Waals surface area (Å²) in [5.41, 5.74) is 1.98. The van der Waals surface area contributed by atoms with E-state index in [1.165, 1.54) is 0 Å². The van der Waals surface area contributed by atoms with Crippen molar-refractivity contribution in [1.29, 1.82) is 0 Å². The Morgan fingerprint density at radius 3 is 2.46 bits per heavy atom. The van der Waals surface area contributed by atoms with Gasteiger partial charge in [-0.05, 0) is 12.5 Å². The van der Waals surface area contributed by atoms with E-state index in [1.807, 2.05) is 31.2 Å². The van der Waals surface area contributed by atoms with E-state index in [0.717, 1.165) is 11.1 Å². The molecule has 1 aromatic carbocycles. The predicted molar refractivity (Wildman–Crippen MR) is 50.6 cm³/mol. The summed E-state index contributed by atoms with van der Waals surface area (Å²) in [5, 5.41) is -1.05. The highest BCUT2D eigenvalue weighted by atomic mass is 35.5. The maximum Gasteiger partial charge on any atom is 0.276 e. The Morgan fingerprint density at radius 2 is 1.85 bits per heavy atom. The normalized spacial score (nSPS) is 20.5. The Kier molecular flexibility index (Phi) is 2.28. The molecule has 0 N–H and O–H groups in total. The van der Waals surface area contributed by atoms with Gasteiger partial charge < -0.3 is 9.47 Å². The molecule has 0 aromatic heterocycles. The van der Waals surface area contributed by atoms with Gasteiger partial charge in [0.15, 0.2) is 0 Å². The van der Waals surface area contributed by atoms with E-state index in [1.54, 1.807) is 0 Å². The lowest BCUT2D eigenvalue weighted by Gasteiger charge is -2.21. The number of aryl methyl sites for hydroxylation is 1. The molecule has 13 heavy (non-hydrogen) atoms. The van der Waals surface area contributed by atoms with E-state index < -0.39 is 5.25 Å². The second-order valence-electron chi connectivity index (χ2n) is 3.05. The molecule has 0 bridgehead atoms. The molecule has 1 aliphatic rings. The zero-order chi connectivity index (χ0) is 9.31. The zero-order valence-corrected chi connectivity index (χ0v) is 8.17. The monoisotopic (exact) mass is 198 g/mol. The van der Waals surface area contributed by atoms with Crippen LogP contribution in [0.4, 0.5) is 0 Å². The molecule has 0 saturated carbocycles. The molecule has 0 amide bonds. The fourth-order valence-electron chi connectivity index (χ4n) is 1.45. The van der Waals surface area contributed by atoms with E-state index in [9.17, 15) is 0 Å². The number of rotatable bonds is 1. The molecule has 0 aliphatic carbocycles. The first kappa shape index (κ1) is 9.00. The molecular formula is C10H11ClO2. The van der Waals surface area contributed by atoms with Crippen molar-refractivity contribution in [3.63, 3.8) is 0 Å². The smallest absolute Gasteiger partial charge is 0.276 e. The Morgan fingerprint density at radius 1 is 1.23 bits per heavy atom. The molecule has 1 fully saturated rings. The fraction of sp³-hybridized carbons (Fsp3) is 0.400. The van der Waals surface area contributed by atoms with Gasteiger partial charge in [0.25, 0.3) is 5.25 Å². The highest BCUT2D eigenvalue weighted by Crippen LogP contribution is 2.36. The maximum absolute atomic E-state index is 6.16. The van der Waals surface area contributed by atoms with Crippen molar-refractivity contribution in [3.05, 3.63) is 35.4 Å². The van der Waals surface area contributed by atoms with Crippen LogP contribution in [-0.2, 0) is 14.7 Å². The summed E-state index contributed by atoms with van der Waals surface area (Å²) in [4.78, 5) is 0. The van der Waals surface area contributed by atoms with Crippen molar-refractivity contribution in [2.24, 2.45) is 0 Å². The first-order valence-corrected chi connectivity index (χ1v) is 4.63. The van der Waals surface area contributed by atoms with Gasteiger partial charge in [-0.15, -0.1) is 0 Å². The minimum absolute atomic E-state index is 0.553. The minimum Gasteiger partial charge on any atom is -0.331 e. The Balaban J connectivity index is 2.39. The van der Waals surface area contributed by atoms with Crippen molar-refractivity contribution in [2.75, 3.05) is 13.2 Å². The third-order valence-electron chi connectivity index (χ3n) is 2.13. The average Bonchev–Trinajstić information content (AvgIpc) is 2.54.